The summed E-state index contributed by atoms with van der Waals surface area (Å²) >= 11 is 0. The van der Waals surface area contributed by atoms with Gasteiger partial charge in [-0.2, -0.15) is 0 Å². The third-order valence-corrected chi connectivity index (χ3v) is 6.07. The van der Waals surface area contributed by atoms with Crippen LogP contribution >= 0.6 is 0 Å². The second-order valence-electron chi connectivity index (χ2n) is 8.08. The summed E-state index contributed by atoms with van der Waals surface area (Å²) in [6.07, 6.45) is 7.92. The van der Waals surface area contributed by atoms with E-state index in [0.717, 1.165) is 53.5 Å². The number of piperidine rings is 1. The molecule has 2 aromatic heterocycles. The highest BCUT2D eigenvalue weighted by atomic mass is 16.4. The van der Waals surface area contributed by atoms with Crippen molar-refractivity contribution in [3.8, 4) is 11.3 Å². The van der Waals surface area contributed by atoms with Gasteiger partial charge in [-0.05, 0) is 43.2 Å². The van der Waals surface area contributed by atoms with Gasteiger partial charge in [0.1, 0.15) is 0 Å². The first-order chi connectivity index (χ1) is 13.6. The Morgan fingerprint density at radius 1 is 1.14 bits per heavy atom. The number of rotatable bonds is 3. The highest BCUT2D eigenvalue weighted by Gasteiger charge is 2.41. The number of hydrogen-bond donors (Lipinski definition) is 1. The lowest BCUT2D eigenvalue weighted by atomic mass is 9.97. The number of aromatic nitrogens is 2. The molecule has 2 fully saturated rings. The number of oxazole rings is 1. The molecule has 6 heteroatoms. The van der Waals surface area contributed by atoms with E-state index in [2.05, 4.69) is 20.9 Å². The molecule has 1 amide bonds. The zero-order valence-electron chi connectivity index (χ0n) is 16.0. The average Bonchev–Trinajstić information content (AvgIpc) is 3.22. The van der Waals surface area contributed by atoms with Gasteiger partial charge in [0.25, 0.3) is 0 Å². The van der Waals surface area contributed by atoms with Crippen molar-refractivity contribution >= 4 is 16.7 Å². The number of nitrogens with two attached hydrogens (primary N) is 1. The number of pyridine rings is 1. The number of hydrogen-bond acceptors (Lipinski definition) is 5. The zero-order valence-corrected chi connectivity index (χ0v) is 16.0. The van der Waals surface area contributed by atoms with Crippen LogP contribution in [0.25, 0.3) is 22.1 Å². The molecule has 0 radical (unpaired) electrons. The smallest absolute Gasteiger partial charge is 0.229 e. The minimum Gasteiger partial charge on any atom is -0.441 e. The molecule has 28 heavy (non-hydrogen) atoms. The topological polar surface area (TPSA) is 85.2 Å². The van der Waals surface area contributed by atoms with E-state index in [1.807, 2.05) is 31.3 Å². The van der Waals surface area contributed by atoms with Crippen LogP contribution < -0.4 is 5.73 Å². The van der Waals surface area contributed by atoms with Gasteiger partial charge in [0.05, 0.1) is 18.3 Å². The Morgan fingerprint density at radius 3 is 2.64 bits per heavy atom. The summed E-state index contributed by atoms with van der Waals surface area (Å²) < 4.78 is 5.63. The van der Waals surface area contributed by atoms with Gasteiger partial charge in [0, 0.05) is 42.2 Å². The number of nitrogens with zero attached hydrogens (tertiary/aromatic N) is 3. The van der Waals surface area contributed by atoms with Crippen molar-refractivity contribution in [3.63, 3.8) is 0 Å². The van der Waals surface area contributed by atoms with Crippen LogP contribution in [0, 0.1) is 6.92 Å². The monoisotopic (exact) mass is 376 g/mol. The fraction of sp³-hybridized carbons (Fsp3) is 0.409. The number of fused-ring (bicyclic) bond motifs is 3. The summed E-state index contributed by atoms with van der Waals surface area (Å²) in [6, 6.07) is 8.95. The molecule has 4 heterocycles. The third kappa shape index (κ3) is 3.07. The van der Waals surface area contributed by atoms with E-state index in [1.165, 1.54) is 0 Å². The van der Waals surface area contributed by atoms with E-state index in [-0.39, 0.29) is 11.9 Å². The molecule has 6 nitrogen and oxygen atoms in total. The lowest BCUT2D eigenvalue weighted by Gasteiger charge is -2.37. The highest BCUT2D eigenvalue weighted by Crippen LogP contribution is 2.35. The number of carbonyl (C=O) groups excluding carboxylic acids is 1. The molecule has 144 valence electrons. The van der Waals surface area contributed by atoms with Gasteiger partial charge in [-0.3, -0.25) is 9.78 Å². The maximum Gasteiger partial charge on any atom is 0.229 e. The maximum atomic E-state index is 13.0. The molecule has 2 saturated heterocycles. The molecule has 2 aliphatic heterocycles. The van der Waals surface area contributed by atoms with E-state index in [4.69, 9.17) is 10.2 Å². The minimum atomic E-state index is 0.174. The second-order valence-corrected chi connectivity index (χ2v) is 8.08. The molecular formula is C22H24N4O2. The standard InChI is InChI=1S/C22H24N4O2/c1-13-24-12-21(28-13)14-2-3-15-11-25-18(7-16(15)6-14)10-22(27)26-19-4-5-20(26)9-17(23)8-19/h2-3,6-7,11-12,17,19-20H,4-5,8-10,23H2,1H3/t17?,19-,20+. The van der Waals surface area contributed by atoms with E-state index in [9.17, 15) is 4.79 Å². The molecule has 2 bridgehead atoms. The summed E-state index contributed by atoms with van der Waals surface area (Å²) in [4.78, 5) is 23.8. The highest BCUT2D eigenvalue weighted by molar-refractivity contribution is 5.87. The van der Waals surface area contributed by atoms with E-state index >= 15 is 0 Å². The summed E-state index contributed by atoms with van der Waals surface area (Å²) in [5.74, 6) is 1.57. The summed E-state index contributed by atoms with van der Waals surface area (Å²) in [5, 5.41) is 2.09. The van der Waals surface area contributed by atoms with Crippen LogP contribution in [0.3, 0.4) is 0 Å². The lowest BCUT2D eigenvalue weighted by Crippen LogP contribution is -2.50. The summed E-state index contributed by atoms with van der Waals surface area (Å²) in [7, 11) is 0. The Kier molecular flexibility index (Phi) is 4.16. The molecule has 3 atom stereocenters. The number of benzene rings is 1. The van der Waals surface area contributed by atoms with Crippen molar-refractivity contribution in [1.29, 1.82) is 0 Å². The van der Waals surface area contributed by atoms with Crippen LogP contribution in [-0.4, -0.2) is 38.9 Å². The summed E-state index contributed by atoms with van der Waals surface area (Å²) in [5.41, 5.74) is 7.91. The van der Waals surface area contributed by atoms with Crippen molar-refractivity contribution in [2.45, 2.75) is 57.2 Å². The van der Waals surface area contributed by atoms with Crippen LogP contribution in [0.4, 0.5) is 0 Å². The van der Waals surface area contributed by atoms with Gasteiger partial charge >= 0.3 is 0 Å². The van der Waals surface area contributed by atoms with Crippen molar-refractivity contribution in [3.05, 3.63) is 48.2 Å². The molecular weight excluding hydrogens is 352 g/mol. The first-order valence-corrected chi connectivity index (χ1v) is 9.95. The maximum absolute atomic E-state index is 13.0. The van der Waals surface area contributed by atoms with Crippen molar-refractivity contribution in [2.24, 2.45) is 5.73 Å². The molecule has 1 unspecified atom stereocenters. The predicted octanol–water partition coefficient (Wildman–Crippen LogP) is 3.22. The zero-order chi connectivity index (χ0) is 19.3. The Morgan fingerprint density at radius 2 is 1.93 bits per heavy atom. The van der Waals surface area contributed by atoms with Gasteiger partial charge in [-0.15, -0.1) is 0 Å². The lowest BCUT2D eigenvalue weighted by molar-refractivity contribution is -0.135. The first-order valence-electron chi connectivity index (χ1n) is 9.95. The van der Waals surface area contributed by atoms with Crippen LogP contribution in [0.15, 0.2) is 41.1 Å². The average molecular weight is 376 g/mol. The quantitative estimate of drug-likeness (QED) is 0.759. The van der Waals surface area contributed by atoms with Crippen LogP contribution in [-0.2, 0) is 11.2 Å². The Labute approximate surface area is 163 Å². The van der Waals surface area contributed by atoms with Crippen molar-refractivity contribution < 1.29 is 9.21 Å². The van der Waals surface area contributed by atoms with Gasteiger partial charge in [-0.25, -0.2) is 4.98 Å². The second kappa shape index (κ2) is 6.71. The fourth-order valence-corrected chi connectivity index (χ4v) is 4.80. The van der Waals surface area contributed by atoms with Crippen molar-refractivity contribution in [2.75, 3.05) is 0 Å². The molecule has 5 rings (SSSR count). The molecule has 2 aliphatic rings. The predicted molar refractivity (Wildman–Crippen MR) is 107 cm³/mol. The normalized spacial score (nSPS) is 24.1. The molecule has 0 aliphatic carbocycles. The Hall–Kier alpha value is -2.73. The Bertz CT molecular complexity index is 1030. The fourth-order valence-electron chi connectivity index (χ4n) is 4.80. The largest absolute Gasteiger partial charge is 0.441 e. The molecule has 2 N–H and O–H groups in total. The Balaban J connectivity index is 1.39. The number of carbonyl (C=O) groups is 1. The van der Waals surface area contributed by atoms with E-state index in [1.54, 1.807) is 6.20 Å². The van der Waals surface area contributed by atoms with E-state index in [0.29, 0.717) is 24.4 Å². The molecule has 3 aromatic rings. The van der Waals surface area contributed by atoms with Gasteiger partial charge in [0.2, 0.25) is 5.91 Å². The number of aryl methyl sites for hydroxylation is 1. The SMILES string of the molecule is Cc1ncc(-c2ccc3cnc(CC(=O)N4[C@@H]5CC[C@H]4CC(N)C5)cc3c2)o1. The summed E-state index contributed by atoms with van der Waals surface area (Å²) in [6.45, 7) is 1.83. The third-order valence-electron chi connectivity index (χ3n) is 6.07. The number of amides is 1. The molecule has 0 spiro atoms. The molecule has 0 saturated carbocycles. The van der Waals surface area contributed by atoms with Gasteiger partial charge in [-0.1, -0.05) is 12.1 Å². The van der Waals surface area contributed by atoms with Crippen LogP contribution in [0.2, 0.25) is 0 Å². The van der Waals surface area contributed by atoms with Crippen molar-refractivity contribution in [1.82, 2.24) is 14.9 Å². The van der Waals surface area contributed by atoms with Crippen LogP contribution in [0.1, 0.15) is 37.3 Å². The van der Waals surface area contributed by atoms with Crippen LogP contribution in [0.5, 0.6) is 0 Å². The molecule has 1 aromatic carbocycles. The minimum absolute atomic E-state index is 0.174. The van der Waals surface area contributed by atoms with Gasteiger partial charge in [0.15, 0.2) is 11.7 Å². The van der Waals surface area contributed by atoms with E-state index < -0.39 is 0 Å². The van der Waals surface area contributed by atoms with Gasteiger partial charge < -0.3 is 15.1 Å². The first kappa shape index (κ1) is 17.4.